The second kappa shape index (κ2) is 3.36. The Bertz CT molecular complexity index is 323. The van der Waals surface area contributed by atoms with Crippen molar-refractivity contribution in [2.75, 3.05) is 0 Å². The summed E-state index contributed by atoms with van der Waals surface area (Å²) in [4.78, 5) is 4.32. The summed E-state index contributed by atoms with van der Waals surface area (Å²) in [6, 6.07) is 0.551. The van der Waals surface area contributed by atoms with Crippen LogP contribution >= 0.6 is 0 Å². The lowest BCUT2D eigenvalue weighted by atomic mass is 10.0. The molecule has 1 heterocycles. The predicted molar refractivity (Wildman–Crippen MR) is 53.7 cm³/mol. The summed E-state index contributed by atoms with van der Waals surface area (Å²) in [7, 11) is 0. The Hall–Kier alpha value is -1.05. The van der Waals surface area contributed by atoms with E-state index in [1.54, 1.807) is 0 Å². The van der Waals surface area contributed by atoms with E-state index in [0.29, 0.717) is 6.04 Å². The topological polar surface area (TPSA) is 17.8 Å². The molecule has 2 nitrogen and oxygen atoms in total. The van der Waals surface area contributed by atoms with Crippen LogP contribution in [0, 0.1) is 13.8 Å². The third kappa shape index (κ3) is 1.53. The van der Waals surface area contributed by atoms with Crippen LogP contribution in [0.5, 0.6) is 0 Å². The Morgan fingerprint density at radius 2 is 2.31 bits per heavy atom. The van der Waals surface area contributed by atoms with E-state index in [0.717, 1.165) is 5.69 Å². The minimum Gasteiger partial charge on any atom is -0.328 e. The van der Waals surface area contributed by atoms with E-state index in [1.807, 2.05) is 6.33 Å². The lowest BCUT2D eigenvalue weighted by molar-refractivity contribution is 0.509. The number of allylic oxidation sites excluding steroid dienone is 2. The summed E-state index contributed by atoms with van der Waals surface area (Å²) in [5.74, 6) is 0. The fraction of sp³-hybridized carbons (Fsp3) is 0.545. The molecular weight excluding hydrogens is 160 g/mol. The third-order valence-corrected chi connectivity index (χ3v) is 2.87. The molecule has 2 heteroatoms. The van der Waals surface area contributed by atoms with Gasteiger partial charge in [-0.2, -0.15) is 0 Å². The first-order valence-corrected chi connectivity index (χ1v) is 4.95. The van der Waals surface area contributed by atoms with E-state index in [2.05, 4.69) is 35.6 Å². The SMILES string of the molecule is Cc1ncn(C2C=CCCC2)c1C. The molecule has 0 spiro atoms. The van der Waals surface area contributed by atoms with Crippen molar-refractivity contribution in [2.24, 2.45) is 0 Å². The molecule has 0 saturated carbocycles. The van der Waals surface area contributed by atoms with Gasteiger partial charge in [-0.15, -0.1) is 0 Å². The Kier molecular flexibility index (Phi) is 2.21. The summed E-state index contributed by atoms with van der Waals surface area (Å²) >= 11 is 0. The first-order chi connectivity index (χ1) is 6.29. The smallest absolute Gasteiger partial charge is 0.0956 e. The Morgan fingerprint density at radius 3 is 2.85 bits per heavy atom. The van der Waals surface area contributed by atoms with Crippen LogP contribution in [-0.2, 0) is 0 Å². The first kappa shape index (κ1) is 8.54. The number of rotatable bonds is 1. The molecule has 1 aliphatic rings. The van der Waals surface area contributed by atoms with Crippen molar-refractivity contribution in [3.05, 3.63) is 29.9 Å². The molecule has 0 radical (unpaired) electrons. The highest BCUT2D eigenvalue weighted by atomic mass is 15.1. The van der Waals surface area contributed by atoms with Crippen LogP contribution < -0.4 is 0 Å². The van der Waals surface area contributed by atoms with Gasteiger partial charge < -0.3 is 4.57 Å². The fourth-order valence-electron chi connectivity index (χ4n) is 1.88. The number of nitrogens with zero attached hydrogens (tertiary/aromatic N) is 2. The van der Waals surface area contributed by atoms with Crippen LogP contribution in [0.15, 0.2) is 18.5 Å². The summed E-state index contributed by atoms with van der Waals surface area (Å²) in [5.41, 5.74) is 2.45. The average Bonchev–Trinajstić information content (AvgIpc) is 2.49. The van der Waals surface area contributed by atoms with Gasteiger partial charge in [0.1, 0.15) is 0 Å². The molecule has 0 aromatic carbocycles. The number of hydrogen-bond donors (Lipinski definition) is 0. The van der Waals surface area contributed by atoms with Crippen molar-refractivity contribution in [2.45, 2.75) is 39.2 Å². The van der Waals surface area contributed by atoms with Gasteiger partial charge in [-0.3, -0.25) is 0 Å². The number of imidazole rings is 1. The zero-order chi connectivity index (χ0) is 9.26. The minimum absolute atomic E-state index is 0.551. The normalized spacial score (nSPS) is 22.2. The van der Waals surface area contributed by atoms with Crippen molar-refractivity contribution in [3.8, 4) is 0 Å². The zero-order valence-electron chi connectivity index (χ0n) is 8.33. The molecule has 70 valence electrons. The highest BCUT2D eigenvalue weighted by Gasteiger charge is 2.12. The first-order valence-electron chi connectivity index (χ1n) is 4.95. The third-order valence-electron chi connectivity index (χ3n) is 2.87. The lowest BCUT2D eigenvalue weighted by Gasteiger charge is -2.19. The molecule has 0 N–H and O–H groups in total. The van der Waals surface area contributed by atoms with E-state index < -0.39 is 0 Å². The molecule has 1 unspecified atom stereocenters. The summed E-state index contributed by atoms with van der Waals surface area (Å²) in [5, 5.41) is 0. The summed E-state index contributed by atoms with van der Waals surface area (Å²) in [6.07, 6.45) is 10.3. The molecule has 1 atom stereocenters. The van der Waals surface area contributed by atoms with Gasteiger partial charge >= 0.3 is 0 Å². The Balaban J connectivity index is 2.29. The van der Waals surface area contributed by atoms with Crippen LogP contribution in [0.25, 0.3) is 0 Å². The Morgan fingerprint density at radius 1 is 1.46 bits per heavy atom. The summed E-state index contributed by atoms with van der Waals surface area (Å²) < 4.78 is 2.28. The van der Waals surface area contributed by atoms with Gasteiger partial charge in [-0.1, -0.05) is 12.2 Å². The van der Waals surface area contributed by atoms with Crippen molar-refractivity contribution < 1.29 is 0 Å². The van der Waals surface area contributed by atoms with Gasteiger partial charge in [-0.05, 0) is 33.1 Å². The van der Waals surface area contributed by atoms with Crippen molar-refractivity contribution in [1.82, 2.24) is 9.55 Å². The van der Waals surface area contributed by atoms with Crippen molar-refractivity contribution in [1.29, 1.82) is 0 Å². The van der Waals surface area contributed by atoms with Gasteiger partial charge in [0.15, 0.2) is 0 Å². The van der Waals surface area contributed by atoms with Crippen LogP contribution in [0.4, 0.5) is 0 Å². The largest absolute Gasteiger partial charge is 0.328 e. The monoisotopic (exact) mass is 176 g/mol. The molecule has 0 amide bonds. The predicted octanol–water partition coefficient (Wildman–Crippen LogP) is 2.78. The van der Waals surface area contributed by atoms with Gasteiger partial charge in [0.25, 0.3) is 0 Å². The van der Waals surface area contributed by atoms with Gasteiger partial charge in [0, 0.05) is 5.69 Å². The summed E-state index contributed by atoms with van der Waals surface area (Å²) in [6.45, 7) is 4.21. The number of hydrogen-bond acceptors (Lipinski definition) is 1. The molecule has 1 aliphatic carbocycles. The van der Waals surface area contributed by atoms with E-state index in [-0.39, 0.29) is 0 Å². The van der Waals surface area contributed by atoms with E-state index in [4.69, 9.17) is 0 Å². The molecule has 1 aromatic rings. The molecule has 2 rings (SSSR count). The second-order valence-corrected chi connectivity index (χ2v) is 3.75. The highest BCUT2D eigenvalue weighted by Crippen LogP contribution is 2.24. The molecule has 0 fully saturated rings. The molecule has 0 bridgehead atoms. The molecule has 0 aliphatic heterocycles. The van der Waals surface area contributed by atoms with Crippen molar-refractivity contribution in [3.63, 3.8) is 0 Å². The lowest BCUT2D eigenvalue weighted by Crippen LogP contribution is -2.09. The molecule has 0 saturated heterocycles. The van der Waals surface area contributed by atoms with E-state index in [9.17, 15) is 0 Å². The van der Waals surface area contributed by atoms with E-state index >= 15 is 0 Å². The maximum absolute atomic E-state index is 4.32. The van der Waals surface area contributed by atoms with Crippen molar-refractivity contribution >= 4 is 0 Å². The van der Waals surface area contributed by atoms with Gasteiger partial charge in [-0.25, -0.2) is 4.98 Å². The highest BCUT2D eigenvalue weighted by molar-refractivity contribution is 5.12. The molecule has 1 aromatic heterocycles. The molecular formula is C11H16N2. The Labute approximate surface area is 79.3 Å². The number of aryl methyl sites for hydroxylation is 1. The maximum Gasteiger partial charge on any atom is 0.0956 e. The van der Waals surface area contributed by atoms with Gasteiger partial charge in [0.2, 0.25) is 0 Å². The van der Waals surface area contributed by atoms with Crippen LogP contribution in [0.3, 0.4) is 0 Å². The van der Waals surface area contributed by atoms with Gasteiger partial charge in [0.05, 0.1) is 18.1 Å². The molecule has 13 heavy (non-hydrogen) atoms. The number of aromatic nitrogens is 2. The second-order valence-electron chi connectivity index (χ2n) is 3.75. The maximum atomic E-state index is 4.32. The minimum atomic E-state index is 0.551. The fourth-order valence-corrected chi connectivity index (χ4v) is 1.88. The van der Waals surface area contributed by atoms with Crippen LogP contribution in [0.1, 0.15) is 36.7 Å². The van der Waals surface area contributed by atoms with Crippen LogP contribution in [-0.4, -0.2) is 9.55 Å². The zero-order valence-corrected chi connectivity index (χ0v) is 8.33. The van der Waals surface area contributed by atoms with E-state index in [1.165, 1.54) is 25.0 Å². The standard InChI is InChI=1S/C11H16N2/c1-9-10(2)13(8-12-9)11-6-4-3-5-7-11/h4,6,8,11H,3,5,7H2,1-2H3. The quantitative estimate of drug-likeness (QED) is 0.602. The average molecular weight is 176 g/mol. The van der Waals surface area contributed by atoms with Crippen LogP contribution in [0.2, 0.25) is 0 Å².